The molecule has 0 unspecified atom stereocenters. The second-order valence-corrected chi connectivity index (χ2v) is 8.63. The second-order valence-electron chi connectivity index (χ2n) is 8.63. The van der Waals surface area contributed by atoms with E-state index in [9.17, 15) is 9.59 Å². The lowest BCUT2D eigenvalue weighted by Crippen LogP contribution is -2.58. The lowest BCUT2D eigenvalue weighted by atomic mass is 9.84. The van der Waals surface area contributed by atoms with Gasteiger partial charge in [0.15, 0.2) is 0 Å². The van der Waals surface area contributed by atoms with E-state index in [-0.39, 0.29) is 18.0 Å². The molecule has 0 saturated carbocycles. The smallest absolute Gasteiger partial charge is 0.327 e. The molecular formula is C23H35N3O3. The number of likely N-dealkylation sites (tertiary alicyclic amines) is 1. The molecule has 2 aliphatic rings. The predicted octanol–water partition coefficient (Wildman–Crippen LogP) is 3.54. The van der Waals surface area contributed by atoms with Gasteiger partial charge in [-0.15, -0.1) is 0 Å². The molecule has 2 aliphatic heterocycles. The minimum atomic E-state index is -0.683. The Bertz CT molecular complexity index is 723. The van der Waals surface area contributed by atoms with Crippen LogP contribution in [-0.4, -0.2) is 71.0 Å². The van der Waals surface area contributed by atoms with E-state index in [2.05, 4.69) is 18.7 Å². The van der Waals surface area contributed by atoms with Crippen molar-refractivity contribution in [2.75, 3.05) is 26.7 Å². The summed E-state index contributed by atoms with van der Waals surface area (Å²) in [6.45, 7) is 10.6. The van der Waals surface area contributed by atoms with Gasteiger partial charge in [-0.2, -0.15) is 0 Å². The highest BCUT2D eigenvalue weighted by Gasteiger charge is 2.58. The molecule has 0 aromatic heterocycles. The first-order valence-corrected chi connectivity index (χ1v) is 10.9. The van der Waals surface area contributed by atoms with Crippen LogP contribution in [-0.2, 0) is 11.2 Å². The Morgan fingerprint density at radius 1 is 1.07 bits per heavy atom. The molecule has 0 N–H and O–H groups in total. The number of amides is 3. The second kappa shape index (κ2) is 8.74. The Labute approximate surface area is 174 Å². The van der Waals surface area contributed by atoms with Crippen molar-refractivity contribution >= 4 is 11.9 Å². The molecule has 1 atom stereocenters. The van der Waals surface area contributed by atoms with Crippen LogP contribution in [0.25, 0.3) is 0 Å². The summed E-state index contributed by atoms with van der Waals surface area (Å²) in [5.41, 5.74) is 0.457. The number of benzene rings is 1. The van der Waals surface area contributed by atoms with Crippen molar-refractivity contribution in [3.63, 3.8) is 0 Å². The van der Waals surface area contributed by atoms with Crippen LogP contribution in [0.5, 0.6) is 5.75 Å². The summed E-state index contributed by atoms with van der Waals surface area (Å²) in [6, 6.07) is 8.19. The number of hydrogen-bond acceptors (Lipinski definition) is 4. The van der Waals surface area contributed by atoms with E-state index in [0.29, 0.717) is 25.4 Å². The van der Waals surface area contributed by atoms with Gasteiger partial charge in [-0.05, 0) is 64.2 Å². The lowest BCUT2D eigenvalue weighted by Gasteiger charge is -2.44. The number of urea groups is 1. The fourth-order valence-electron chi connectivity index (χ4n) is 4.61. The minimum Gasteiger partial charge on any atom is -0.497 e. The number of ether oxygens (including phenoxy) is 1. The molecular weight excluding hydrogens is 366 g/mol. The zero-order valence-electron chi connectivity index (χ0n) is 18.5. The Kier molecular flexibility index (Phi) is 6.52. The molecule has 0 aliphatic carbocycles. The van der Waals surface area contributed by atoms with Crippen LogP contribution in [0.15, 0.2) is 24.3 Å². The van der Waals surface area contributed by atoms with Crippen molar-refractivity contribution in [1.82, 2.24) is 14.7 Å². The molecule has 2 fully saturated rings. The van der Waals surface area contributed by atoms with Crippen LogP contribution in [0.1, 0.15) is 52.5 Å². The van der Waals surface area contributed by atoms with Gasteiger partial charge in [0.25, 0.3) is 5.91 Å². The van der Waals surface area contributed by atoms with E-state index in [1.54, 1.807) is 7.11 Å². The third kappa shape index (κ3) is 4.00. The van der Waals surface area contributed by atoms with Gasteiger partial charge in [0.1, 0.15) is 11.3 Å². The summed E-state index contributed by atoms with van der Waals surface area (Å²) in [4.78, 5) is 32.4. The first-order valence-electron chi connectivity index (χ1n) is 10.9. The number of methoxy groups -OCH3 is 1. The lowest BCUT2D eigenvalue weighted by molar-refractivity contribution is -0.137. The van der Waals surface area contributed by atoms with E-state index in [0.717, 1.165) is 37.2 Å². The Hall–Kier alpha value is -2.08. The fraction of sp³-hybridized carbons (Fsp3) is 0.652. The van der Waals surface area contributed by atoms with Gasteiger partial charge >= 0.3 is 6.03 Å². The van der Waals surface area contributed by atoms with Gasteiger partial charge in [0.2, 0.25) is 0 Å². The number of carbonyl (C=O) groups is 2. The summed E-state index contributed by atoms with van der Waals surface area (Å²) in [5, 5.41) is 0. The summed E-state index contributed by atoms with van der Waals surface area (Å²) >= 11 is 0. The molecule has 6 nitrogen and oxygen atoms in total. The average molecular weight is 402 g/mol. The van der Waals surface area contributed by atoms with Gasteiger partial charge in [0.05, 0.1) is 7.11 Å². The molecule has 1 aromatic carbocycles. The molecule has 1 spiro atoms. The topological polar surface area (TPSA) is 53.1 Å². The number of imide groups is 1. The first-order chi connectivity index (χ1) is 13.8. The standard InChI is InChI=1S/C23H35N3O3/c1-6-18(4)24-15-12-23(13-16-24)21(27)26(17(2)3)22(28)25(23)14-11-19-7-9-20(29-5)10-8-19/h7-10,17-18H,6,11-16H2,1-5H3/t18-/m1/s1. The van der Waals surface area contributed by atoms with Crippen LogP contribution in [0.3, 0.4) is 0 Å². The molecule has 1 aromatic rings. The van der Waals surface area contributed by atoms with Crippen molar-refractivity contribution in [1.29, 1.82) is 0 Å². The summed E-state index contributed by atoms with van der Waals surface area (Å²) in [7, 11) is 1.65. The molecule has 0 radical (unpaired) electrons. The van der Waals surface area contributed by atoms with E-state index < -0.39 is 5.54 Å². The summed E-state index contributed by atoms with van der Waals surface area (Å²) in [6.07, 6.45) is 3.26. The van der Waals surface area contributed by atoms with Gasteiger partial charge in [-0.3, -0.25) is 9.69 Å². The zero-order valence-corrected chi connectivity index (χ0v) is 18.5. The number of hydrogen-bond donors (Lipinski definition) is 0. The Balaban J connectivity index is 1.79. The maximum absolute atomic E-state index is 13.4. The van der Waals surface area contributed by atoms with Crippen molar-refractivity contribution in [3.8, 4) is 5.75 Å². The van der Waals surface area contributed by atoms with Gasteiger partial charge in [-0.25, -0.2) is 4.79 Å². The average Bonchev–Trinajstić information content (AvgIpc) is 2.93. The van der Waals surface area contributed by atoms with Gasteiger partial charge in [-0.1, -0.05) is 19.1 Å². The number of carbonyl (C=O) groups excluding carboxylic acids is 2. The van der Waals surface area contributed by atoms with Crippen LogP contribution in [0, 0.1) is 0 Å². The van der Waals surface area contributed by atoms with E-state index in [4.69, 9.17) is 4.74 Å². The monoisotopic (exact) mass is 401 g/mol. The molecule has 160 valence electrons. The summed E-state index contributed by atoms with van der Waals surface area (Å²) in [5.74, 6) is 0.817. The third-order valence-corrected chi connectivity index (χ3v) is 6.71. The molecule has 3 rings (SSSR count). The largest absolute Gasteiger partial charge is 0.497 e. The van der Waals surface area contributed by atoms with Crippen molar-refractivity contribution in [2.24, 2.45) is 0 Å². The Morgan fingerprint density at radius 2 is 1.69 bits per heavy atom. The van der Waals surface area contributed by atoms with E-state index >= 15 is 0 Å². The van der Waals surface area contributed by atoms with E-state index in [1.165, 1.54) is 4.90 Å². The van der Waals surface area contributed by atoms with Gasteiger partial charge < -0.3 is 14.5 Å². The van der Waals surface area contributed by atoms with Crippen molar-refractivity contribution < 1.29 is 14.3 Å². The van der Waals surface area contributed by atoms with Crippen LogP contribution in [0.4, 0.5) is 4.79 Å². The highest BCUT2D eigenvalue weighted by atomic mass is 16.5. The number of piperidine rings is 1. The van der Waals surface area contributed by atoms with Crippen molar-refractivity contribution in [3.05, 3.63) is 29.8 Å². The molecule has 29 heavy (non-hydrogen) atoms. The molecule has 6 heteroatoms. The molecule has 0 bridgehead atoms. The van der Waals surface area contributed by atoms with Crippen molar-refractivity contribution in [2.45, 2.75) is 71.0 Å². The third-order valence-electron chi connectivity index (χ3n) is 6.71. The quantitative estimate of drug-likeness (QED) is 0.656. The number of rotatable bonds is 7. The summed E-state index contributed by atoms with van der Waals surface area (Å²) < 4.78 is 5.23. The molecule has 3 amide bonds. The van der Waals surface area contributed by atoms with E-state index in [1.807, 2.05) is 43.0 Å². The Morgan fingerprint density at radius 3 is 2.21 bits per heavy atom. The minimum absolute atomic E-state index is 0.00367. The van der Waals surface area contributed by atoms with Crippen LogP contribution < -0.4 is 4.74 Å². The SMILES string of the molecule is CC[C@@H](C)N1CCC2(CC1)C(=O)N(C(C)C)C(=O)N2CCc1ccc(OC)cc1. The predicted molar refractivity (Wildman–Crippen MR) is 114 cm³/mol. The number of nitrogens with zero attached hydrogens (tertiary/aromatic N) is 3. The first kappa shape index (κ1) is 21.6. The normalized spacial score (nSPS) is 20.8. The highest BCUT2D eigenvalue weighted by molar-refractivity contribution is 6.07. The fourth-order valence-corrected chi connectivity index (χ4v) is 4.61. The van der Waals surface area contributed by atoms with Crippen LogP contribution >= 0.6 is 0 Å². The zero-order chi connectivity index (χ0) is 21.2. The van der Waals surface area contributed by atoms with Gasteiger partial charge in [0, 0.05) is 31.7 Å². The molecule has 2 saturated heterocycles. The van der Waals surface area contributed by atoms with Crippen LogP contribution in [0.2, 0.25) is 0 Å². The maximum atomic E-state index is 13.4. The highest BCUT2D eigenvalue weighted by Crippen LogP contribution is 2.39. The maximum Gasteiger partial charge on any atom is 0.327 e. The molecule has 2 heterocycles.